The van der Waals surface area contributed by atoms with Crippen LogP contribution in [0.15, 0.2) is 6.20 Å². The summed E-state index contributed by atoms with van der Waals surface area (Å²) in [4.78, 5) is 0. The first-order chi connectivity index (χ1) is 6.46. The lowest BCUT2D eigenvalue weighted by molar-refractivity contribution is 0.183. The molecule has 0 N–H and O–H groups in total. The van der Waals surface area contributed by atoms with Crippen LogP contribution in [-0.4, -0.2) is 23.5 Å². The molecule has 0 aromatic carbocycles. The molecule has 0 saturated carbocycles. The maximum absolute atomic E-state index is 6.19. The fourth-order valence-corrected chi connectivity index (χ4v) is 1.67. The van der Waals surface area contributed by atoms with E-state index in [0.29, 0.717) is 13.2 Å². The number of nitrogens with zero attached hydrogens (tertiary/aromatic N) is 2. The van der Waals surface area contributed by atoms with Gasteiger partial charge in [0.05, 0.1) is 19.3 Å². The lowest BCUT2D eigenvalue weighted by Gasteiger charge is -2.16. The quantitative estimate of drug-likeness (QED) is 0.776. The molecule has 0 aliphatic rings. The molecule has 0 atom stereocenters. The fourth-order valence-electron chi connectivity index (χ4n) is 1.21. The first-order valence-corrected chi connectivity index (χ1v) is 5.05. The van der Waals surface area contributed by atoms with Gasteiger partial charge in [-0.15, -0.1) is 0 Å². The highest BCUT2D eigenvalue weighted by atomic mass is 35.5. The zero-order chi connectivity index (χ0) is 10.8. The summed E-state index contributed by atoms with van der Waals surface area (Å²) >= 11 is 6.19. The Balaban J connectivity index is 2.86. The van der Waals surface area contributed by atoms with Crippen molar-refractivity contribution in [2.75, 3.05) is 13.7 Å². The number of rotatable bonds is 3. The first kappa shape index (κ1) is 11.5. The van der Waals surface area contributed by atoms with E-state index in [0.717, 1.165) is 10.7 Å². The molecule has 1 heterocycles. The molecule has 0 unspecified atom stereocenters. The third-order valence-corrected chi connectivity index (χ3v) is 2.49. The Morgan fingerprint density at radius 1 is 1.50 bits per heavy atom. The lowest BCUT2D eigenvalue weighted by atomic mass is 9.90. The van der Waals surface area contributed by atoms with Gasteiger partial charge in [0.2, 0.25) is 0 Å². The van der Waals surface area contributed by atoms with Crippen LogP contribution in [0.3, 0.4) is 0 Å². The van der Waals surface area contributed by atoms with Crippen LogP contribution >= 0.6 is 11.6 Å². The zero-order valence-corrected chi connectivity index (χ0v) is 9.93. The molecule has 1 aromatic heterocycles. The predicted molar refractivity (Wildman–Crippen MR) is 57.8 cm³/mol. The number of ether oxygens (including phenoxy) is 1. The molecule has 0 saturated heterocycles. The van der Waals surface area contributed by atoms with Crippen molar-refractivity contribution < 1.29 is 4.74 Å². The van der Waals surface area contributed by atoms with Gasteiger partial charge in [-0.25, -0.2) is 0 Å². The molecule has 0 bridgehead atoms. The fraction of sp³-hybridized carbons (Fsp3) is 0.700. The number of aromatic nitrogens is 2. The third kappa shape index (κ3) is 2.49. The Labute approximate surface area is 90.0 Å². The van der Waals surface area contributed by atoms with Crippen LogP contribution in [0.2, 0.25) is 5.15 Å². The number of hydrogen-bond donors (Lipinski definition) is 0. The summed E-state index contributed by atoms with van der Waals surface area (Å²) in [6, 6.07) is 0. The second-order valence-corrected chi connectivity index (χ2v) is 4.67. The molecule has 0 aliphatic carbocycles. The maximum Gasteiger partial charge on any atom is 0.130 e. The predicted octanol–water partition coefficient (Wildman–Crippen LogP) is 2.48. The summed E-state index contributed by atoms with van der Waals surface area (Å²) in [5.41, 5.74) is 1.12. The summed E-state index contributed by atoms with van der Waals surface area (Å²) < 4.78 is 6.75. The van der Waals surface area contributed by atoms with Crippen LogP contribution in [0.25, 0.3) is 0 Å². The van der Waals surface area contributed by atoms with Gasteiger partial charge in [0, 0.05) is 12.7 Å². The van der Waals surface area contributed by atoms with E-state index in [9.17, 15) is 0 Å². The highest BCUT2D eigenvalue weighted by Gasteiger charge is 2.20. The molecule has 0 aliphatic heterocycles. The van der Waals surface area contributed by atoms with Crippen molar-refractivity contribution in [3.8, 4) is 0 Å². The second kappa shape index (κ2) is 4.32. The van der Waals surface area contributed by atoms with Gasteiger partial charge < -0.3 is 4.74 Å². The van der Waals surface area contributed by atoms with E-state index in [2.05, 4.69) is 25.9 Å². The molecule has 0 spiro atoms. The summed E-state index contributed by atoms with van der Waals surface area (Å²) in [5.74, 6) is 0. The van der Waals surface area contributed by atoms with Crippen LogP contribution in [-0.2, 0) is 16.7 Å². The van der Waals surface area contributed by atoms with Gasteiger partial charge in [-0.3, -0.25) is 4.68 Å². The number of hydrogen-bond acceptors (Lipinski definition) is 2. The van der Waals surface area contributed by atoms with Gasteiger partial charge in [0.1, 0.15) is 5.15 Å². The van der Waals surface area contributed by atoms with Crippen molar-refractivity contribution in [2.45, 2.75) is 32.7 Å². The zero-order valence-electron chi connectivity index (χ0n) is 9.17. The minimum Gasteiger partial charge on any atom is -0.383 e. The van der Waals surface area contributed by atoms with E-state index in [1.165, 1.54) is 0 Å². The van der Waals surface area contributed by atoms with Crippen molar-refractivity contribution >= 4 is 11.6 Å². The summed E-state index contributed by atoms with van der Waals surface area (Å²) in [5, 5.41) is 4.94. The van der Waals surface area contributed by atoms with Crippen molar-refractivity contribution in [1.82, 2.24) is 9.78 Å². The normalized spacial score (nSPS) is 12.1. The Kier molecular flexibility index (Phi) is 3.56. The van der Waals surface area contributed by atoms with Crippen LogP contribution in [0.4, 0.5) is 0 Å². The van der Waals surface area contributed by atoms with Crippen LogP contribution < -0.4 is 0 Å². The van der Waals surface area contributed by atoms with Crippen LogP contribution in [0.1, 0.15) is 26.3 Å². The van der Waals surface area contributed by atoms with Crippen LogP contribution in [0, 0.1) is 0 Å². The molecular weight excluding hydrogens is 200 g/mol. The molecule has 4 heteroatoms. The molecule has 0 fully saturated rings. The molecule has 0 radical (unpaired) electrons. The number of halogens is 1. The minimum atomic E-state index is 0.0441. The molecule has 1 aromatic rings. The summed E-state index contributed by atoms with van der Waals surface area (Å²) in [7, 11) is 1.67. The average Bonchev–Trinajstić information content (AvgIpc) is 2.42. The topological polar surface area (TPSA) is 27.1 Å². The summed E-state index contributed by atoms with van der Waals surface area (Å²) in [6.07, 6.45) is 1.83. The summed E-state index contributed by atoms with van der Waals surface area (Å²) in [6.45, 7) is 7.69. The molecule has 80 valence electrons. The van der Waals surface area contributed by atoms with E-state index in [4.69, 9.17) is 16.3 Å². The van der Waals surface area contributed by atoms with E-state index >= 15 is 0 Å². The van der Waals surface area contributed by atoms with Crippen molar-refractivity contribution in [3.05, 3.63) is 16.9 Å². The maximum atomic E-state index is 6.19. The van der Waals surface area contributed by atoms with E-state index in [1.54, 1.807) is 11.8 Å². The first-order valence-electron chi connectivity index (χ1n) is 4.67. The highest BCUT2D eigenvalue weighted by Crippen LogP contribution is 2.28. The molecule has 0 amide bonds. The SMILES string of the molecule is COCCn1ncc(C(C)(C)C)c1Cl. The van der Waals surface area contributed by atoms with Gasteiger partial charge in [0.25, 0.3) is 0 Å². The molecule has 1 rings (SSSR count). The number of methoxy groups -OCH3 is 1. The second-order valence-electron chi connectivity index (χ2n) is 4.31. The van der Waals surface area contributed by atoms with Gasteiger partial charge in [-0.2, -0.15) is 5.10 Å². The van der Waals surface area contributed by atoms with Crippen LogP contribution in [0.5, 0.6) is 0 Å². The van der Waals surface area contributed by atoms with Crippen molar-refractivity contribution in [2.24, 2.45) is 0 Å². The average molecular weight is 217 g/mol. The Hall–Kier alpha value is -0.540. The Morgan fingerprint density at radius 2 is 2.14 bits per heavy atom. The smallest absolute Gasteiger partial charge is 0.130 e. The van der Waals surface area contributed by atoms with E-state index in [-0.39, 0.29) is 5.41 Å². The monoisotopic (exact) mass is 216 g/mol. The molecule has 3 nitrogen and oxygen atoms in total. The minimum absolute atomic E-state index is 0.0441. The molecule has 14 heavy (non-hydrogen) atoms. The van der Waals surface area contributed by atoms with E-state index in [1.807, 2.05) is 6.20 Å². The standard InChI is InChI=1S/C10H17ClN2O/c1-10(2,3)8-7-12-13(9(8)11)5-6-14-4/h7H,5-6H2,1-4H3. The van der Waals surface area contributed by atoms with Gasteiger partial charge in [0.15, 0.2) is 0 Å². The van der Waals surface area contributed by atoms with Crippen molar-refractivity contribution in [1.29, 1.82) is 0 Å². The van der Waals surface area contributed by atoms with Gasteiger partial charge >= 0.3 is 0 Å². The third-order valence-electron chi connectivity index (χ3n) is 2.09. The van der Waals surface area contributed by atoms with E-state index < -0.39 is 0 Å². The Morgan fingerprint density at radius 3 is 2.57 bits per heavy atom. The lowest BCUT2D eigenvalue weighted by Crippen LogP contribution is -2.12. The van der Waals surface area contributed by atoms with Gasteiger partial charge in [-0.05, 0) is 5.41 Å². The van der Waals surface area contributed by atoms with Gasteiger partial charge in [-0.1, -0.05) is 32.4 Å². The Bertz CT molecular complexity index is 302. The van der Waals surface area contributed by atoms with Crippen molar-refractivity contribution in [3.63, 3.8) is 0 Å². The highest BCUT2D eigenvalue weighted by molar-refractivity contribution is 6.30. The molecular formula is C10H17ClN2O. The largest absolute Gasteiger partial charge is 0.383 e.